The van der Waals surface area contributed by atoms with Crippen molar-refractivity contribution < 1.29 is 8.79 Å². The average Bonchev–Trinajstić information content (AvgIpc) is 3.18. The number of thiophene rings is 1. The lowest BCUT2D eigenvalue weighted by atomic mass is 10.0. The number of hydrogen-bond donors (Lipinski definition) is 1. The molecule has 0 spiro atoms. The van der Waals surface area contributed by atoms with Gasteiger partial charge in [0.15, 0.2) is 0 Å². The summed E-state index contributed by atoms with van der Waals surface area (Å²) < 4.78 is 16.4. The number of aromatic nitrogens is 1. The molecule has 1 N–H and O–H groups in total. The highest BCUT2D eigenvalue weighted by molar-refractivity contribution is 7.13. The summed E-state index contributed by atoms with van der Waals surface area (Å²) in [6.07, 6.45) is 10.5. The van der Waals surface area contributed by atoms with Gasteiger partial charge >= 0.3 is 13.1 Å². The van der Waals surface area contributed by atoms with Gasteiger partial charge < -0.3 is 5.23 Å². The van der Waals surface area contributed by atoms with Gasteiger partial charge in [0.05, 0.1) is 6.20 Å². The normalized spacial score (nSPS) is 11.4. The lowest BCUT2D eigenvalue weighted by molar-refractivity contribution is -0.534. The monoisotopic (exact) mass is 380 g/mol. The Bertz CT molecular complexity index is 856. The van der Waals surface area contributed by atoms with Crippen LogP contribution in [0.3, 0.4) is 0 Å². The molecule has 6 heteroatoms. The molecule has 0 radical (unpaired) electrons. The third-order valence-electron chi connectivity index (χ3n) is 3.71. The minimum atomic E-state index is -1.47. The predicted molar refractivity (Wildman–Crippen MR) is 116 cm³/mol. The van der Waals surface area contributed by atoms with Crippen LogP contribution in [0.15, 0.2) is 89.6 Å². The molecule has 2 heterocycles. The third kappa shape index (κ3) is 6.18. The number of rotatable bonds is 10. The van der Waals surface area contributed by atoms with E-state index in [1.165, 1.54) is 4.48 Å². The van der Waals surface area contributed by atoms with Crippen molar-refractivity contribution in [2.24, 2.45) is 4.99 Å². The molecule has 2 aromatic heterocycles. The molecule has 0 amide bonds. The Balaban J connectivity index is 2.23. The predicted octanol–water partition coefficient (Wildman–Crippen LogP) is 5.41. The van der Waals surface area contributed by atoms with E-state index in [0.29, 0.717) is 12.2 Å². The number of aliphatic imine (C=N–C) groups is 1. The second kappa shape index (κ2) is 10.4. The van der Waals surface area contributed by atoms with Crippen molar-refractivity contribution in [3.63, 3.8) is 0 Å². The third-order valence-corrected chi connectivity index (χ3v) is 4.63. The van der Waals surface area contributed by atoms with Crippen molar-refractivity contribution in [3.8, 4) is 10.4 Å². The molecule has 0 aromatic carbocycles. The van der Waals surface area contributed by atoms with Crippen LogP contribution < -0.4 is 9.71 Å². The molecule has 2 aromatic rings. The summed E-state index contributed by atoms with van der Waals surface area (Å²) in [7, 11) is -1.47. The first-order valence-corrected chi connectivity index (χ1v) is 9.50. The van der Waals surface area contributed by atoms with Gasteiger partial charge in [-0.05, 0) is 36.9 Å². The fraction of sp³-hybridized carbons (Fsp3) is 0.143. The van der Waals surface area contributed by atoms with Gasteiger partial charge in [0.1, 0.15) is 6.72 Å². The molecule has 0 saturated heterocycles. The van der Waals surface area contributed by atoms with Gasteiger partial charge in [-0.25, -0.2) is 4.48 Å². The maximum atomic E-state index is 15.0. The Labute approximate surface area is 165 Å². The molecule has 0 aliphatic carbocycles. The summed E-state index contributed by atoms with van der Waals surface area (Å²) in [5.74, 6) is 0.456. The molecule has 0 unspecified atom stereocenters. The molecule has 2 rings (SSSR count). The smallest absolute Gasteiger partial charge is 0.359 e. The van der Waals surface area contributed by atoms with E-state index in [1.54, 1.807) is 23.6 Å². The zero-order valence-electron chi connectivity index (χ0n) is 15.6. The van der Waals surface area contributed by atoms with Crippen molar-refractivity contribution in [2.75, 3.05) is 0 Å². The lowest BCUT2D eigenvalue weighted by Gasteiger charge is -2.11. The Morgan fingerprint density at radius 2 is 2.26 bits per heavy atom. The summed E-state index contributed by atoms with van der Waals surface area (Å²) in [6, 6.07) is 7.71. The van der Waals surface area contributed by atoms with Crippen LogP contribution in [0.25, 0.3) is 10.4 Å². The molecular formula is C21H24BFN3S+. The van der Waals surface area contributed by atoms with Crippen molar-refractivity contribution in [3.05, 3.63) is 84.6 Å². The van der Waals surface area contributed by atoms with Crippen LogP contribution >= 0.6 is 11.3 Å². The van der Waals surface area contributed by atoms with E-state index in [4.69, 9.17) is 0 Å². The van der Waals surface area contributed by atoms with Gasteiger partial charge in [-0.15, -0.1) is 17.9 Å². The first-order valence-electron chi connectivity index (χ1n) is 8.62. The summed E-state index contributed by atoms with van der Waals surface area (Å²) >= 11 is 1.63. The van der Waals surface area contributed by atoms with Gasteiger partial charge in [-0.3, -0.25) is 4.32 Å². The number of allylic oxidation sites excluding steroid dienone is 5. The van der Waals surface area contributed by atoms with Gasteiger partial charge in [0, 0.05) is 28.6 Å². The molecule has 138 valence electrons. The van der Waals surface area contributed by atoms with E-state index in [9.17, 15) is 4.32 Å². The molecule has 0 fully saturated rings. The highest BCUT2D eigenvalue weighted by atomic mass is 32.1. The zero-order chi connectivity index (χ0) is 19.6. The number of halogens is 1. The molecule has 27 heavy (non-hydrogen) atoms. The van der Waals surface area contributed by atoms with Crippen molar-refractivity contribution in [1.82, 2.24) is 5.23 Å². The van der Waals surface area contributed by atoms with Gasteiger partial charge in [0.2, 0.25) is 0 Å². The van der Waals surface area contributed by atoms with Crippen LogP contribution in [0.4, 0.5) is 10.1 Å². The van der Waals surface area contributed by atoms with E-state index in [2.05, 4.69) is 30.1 Å². The van der Waals surface area contributed by atoms with Gasteiger partial charge in [0.25, 0.3) is 0 Å². The molecule has 0 bridgehead atoms. The molecule has 0 aliphatic heterocycles. The second-order valence-electron chi connectivity index (χ2n) is 6.07. The van der Waals surface area contributed by atoms with Crippen LogP contribution in [0.5, 0.6) is 0 Å². The number of pyridine rings is 1. The summed E-state index contributed by atoms with van der Waals surface area (Å²) in [5.41, 5.74) is 2.67. The van der Waals surface area contributed by atoms with Crippen molar-refractivity contribution in [2.45, 2.75) is 19.8 Å². The Morgan fingerprint density at radius 1 is 1.44 bits per heavy atom. The fourth-order valence-electron chi connectivity index (χ4n) is 2.48. The molecular weight excluding hydrogens is 356 g/mol. The van der Waals surface area contributed by atoms with Gasteiger partial charge in [-0.1, -0.05) is 41.4 Å². The SMILES string of the molecule is C=CC/C=C\C=C(/CC(=C)C)NB(F)[n+]1ccc(-c2cccs2)cc1N=C. The first kappa shape index (κ1) is 20.6. The van der Waals surface area contributed by atoms with E-state index < -0.39 is 7.26 Å². The molecule has 3 nitrogen and oxygen atoms in total. The van der Waals surface area contributed by atoms with E-state index in [-0.39, 0.29) is 0 Å². The Morgan fingerprint density at radius 3 is 2.89 bits per heavy atom. The number of nitrogens with one attached hydrogen (secondary N) is 1. The maximum Gasteiger partial charge on any atom is 0.716 e. The minimum Gasteiger partial charge on any atom is -0.359 e. The highest BCUT2D eigenvalue weighted by Gasteiger charge is 2.29. The fourth-order valence-corrected chi connectivity index (χ4v) is 3.20. The van der Waals surface area contributed by atoms with Crippen LogP contribution in [-0.4, -0.2) is 14.0 Å². The van der Waals surface area contributed by atoms with Crippen LogP contribution in [0, 0.1) is 0 Å². The summed E-state index contributed by atoms with van der Waals surface area (Å²) in [6.45, 7) is 13.1. The van der Waals surface area contributed by atoms with E-state index in [0.717, 1.165) is 28.1 Å². The first-order chi connectivity index (χ1) is 13.0. The second-order valence-corrected chi connectivity index (χ2v) is 7.02. The van der Waals surface area contributed by atoms with E-state index >= 15 is 0 Å². The topological polar surface area (TPSA) is 28.3 Å². The molecule has 0 aliphatic rings. The summed E-state index contributed by atoms with van der Waals surface area (Å²) in [5, 5.41) is 4.91. The van der Waals surface area contributed by atoms with Crippen molar-refractivity contribution in [1.29, 1.82) is 0 Å². The quantitative estimate of drug-likeness (QED) is 0.254. The summed E-state index contributed by atoms with van der Waals surface area (Å²) in [4.78, 5) is 5.09. The number of nitrogens with zero attached hydrogens (tertiary/aromatic N) is 2. The average molecular weight is 380 g/mol. The molecule has 0 saturated carbocycles. The van der Waals surface area contributed by atoms with E-state index in [1.807, 2.05) is 54.8 Å². The van der Waals surface area contributed by atoms with Crippen LogP contribution in [0.2, 0.25) is 0 Å². The standard InChI is InChI=1S/C21H24BFN3S/c1-5-6-7-8-10-19(15-17(2)3)25-22(23)26-13-12-18(16-21(26)24-4)20-11-9-14-27-20/h5,7-14,16,25H,1-2,4,6,15H2,3H3/q+1/b8-7-,19-10+. The largest absolute Gasteiger partial charge is 0.716 e. The Kier molecular flexibility index (Phi) is 7.95. The highest BCUT2D eigenvalue weighted by Crippen LogP contribution is 2.26. The maximum absolute atomic E-state index is 15.0. The molecule has 0 atom stereocenters. The van der Waals surface area contributed by atoms with Crippen molar-refractivity contribution >= 4 is 31.1 Å². The van der Waals surface area contributed by atoms with Crippen LogP contribution in [-0.2, 0) is 0 Å². The Hall–Kier alpha value is -2.73. The number of hydrogen-bond acceptors (Lipinski definition) is 3. The van der Waals surface area contributed by atoms with Gasteiger partial charge in [-0.2, -0.15) is 0 Å². The lowest BCUT2D eigenvalue weighted by Crippen LogP contribution is -2.57. The van der Waals surface area contributed by atoms with Crippen LogP contribution in [0.1, 0.15) is 19.8 Å². The minimum absolute atomic E-state index is 0.456. The zero-order valence-corrected chi connectivity index (χ0v) is 16.4.